The van der Waals surface area contributed by atoms with Crippen molar-refractivity contribution >= 4 is 17.9 Å². The molecule has 0 atom stereocenters. The van der Waals surface area contributed by atoms with Crippen LogP contribution in [0.15, 0.2) is 36.7 Å². The molecule has 0 radical (unpaired) electrons. The average molecular weight is 236 g/mol. The number of halogens is 2. The van der Waals surface area contributed by atoms with Crippen molar-refractivity contribution in [2.24, 2.45) is 0 Å². The van der Waals surface area contributed by atoms with E-state index in [1.165, 1.54) is 24.5 Å². The molecule has 0 saturated carbocycles. The van der Waals surface area contributed by atoms with E-state index in [1.54, 1.807) is 12.1 Å². The van der Waals surface area contributed by atoms with E-state index in [0.717, 1.165) is 0 Å². The quantitative estimate of drug-likeness (QED) is 0.747. The van der Waals surface area contributed by atoms with Crippen LogP contribution in [0.5, 0.6) is 0 Å². The van der Waals surface area contributed by atoms with E-state index in [4.69, 9.17) is 11.6 Å². The van der Waals surface area contributed by atoms with Crippen LogP contribution in [0.2, 0.25) is 5.02 Å². The van der Waals surface area contributed by atoms with Gasteiger partial charge in [0.15, 0.2) is 6.29 Å². The summed E-state index contributed by atoms with van der Waals surface area (Å²) >= 11 is 5.84. The van der Waals surface area contributed by atoms with Crippen LogP contribution < -0.4 is 0 Å². The van der Waals surface area contributed by atoms with E-state index >= 15 is 0 Å². The largest absolute Gasteiger partial charge is 0.298 e. The summed E-state index contributed by atoms with van der Waals surface area (Å²) in [4.78, 5) is 14.8. The fourth-order valence-electron chi connectivity index (χ4n) is 1.42. The standard InChI is InChI=1S/C12H7ClFNO/c13-12-6-15-5-10(11(12)7-16)8-1-3-9(14)4-2-8/h1-7H. The zero-order valence-corrected chi connectivity index (χ0v) is 8.91. The van der Waals surface area contributed by atoms with Crippen LogP contribution in [0.4, 0.5) is 4.39 Å². The molecule has 0 aliphatic carbocycles. The van der Waals surface area contributed by atoms with Gasteiger partial charge < -0.3 is 0 Å². The fourth-order valence-corrected chi connectivity index (χ4v) is 1.63. The summed E-state index contributed by atoms with van der Waals surface area (Å²) in [5, 5.41) is 0.289. The van der Waals surface area contributed by atoms with Crippen LogP contribution in [0, 0.1) is 5.82 Å². The van der Waals surface area contributed by atoms with Crippen molar-refractivity contribution in [1.29, 1.82) is 0 Å². The number of pyridine rings is 1. The fraction of sp³-hybridized carbons (Fsp3) is 0. The van der Waals surface area contributed by atoms with Crippen molar-refractivity contribution in [3.8, 4) is 11.1 Å². The predicted octanol–water partition coefficient (Wildman–Crippen LogP) is 3.35. The number of benzene rings is 1. The summed E-state index contributed by atoms with van der Waals surface area (Å²) in [6.07, 6.45) is 3.60. The molecular formula is C12H7ClFNO. The molecule has 0 spiro atoms. The number of rotatable bonds is 2. The molecule has 0 saturated heterocycles. The van der Waals surface area contributed by atoms with Gasteiger partial charge in [0.2, 0.25) is 0 Å². The maximum absolute atomic E-state index is 12.8. The molecule has 1 aromatic heterocycles. The summed E-state index contributed by atoms with van der Waals surface area (Å²) in [6.45, 7) is 0. The first kappa shape index (κ1) is 10.8. The Morgan fingerprint density at radius 2 is 1.88 bits per heavy atom. The third kappa shape index (κ3) is 1.95. The lowest BCUT2D eigenvalue weighted by Gasteiger charge is -2.05. The van der Waals surface area contributed by atoms with Crippen molar-refractivity contribution in [3.63, 3.8) is 0 Å². The number of carbonyl (C=O) groups excluding carboxylic acids is 1. The first-order chi connectivity index (χ1) is 7.72. The molecule has 2 aromatic rings. The molecule has 0 unspecified atom stereocenters. The highest BCUT2D eigenvalue weighted by Gasteiger charge is 2.08. The molecule has 1 aromatic carbocycles. The number of nitrogens with zero attached hydrogens (tertiary/aromatic N) is 1. The van der Waals surface area contributed by atoms with Crippen molar-refractivity contribution in [2.45, 2.75) is 0 Å². The smallest absolute Gasteiger partial charge is 0.152 e. The Labute approximate surface area is 96.7 Å². The lowest BCUT2D eigenvalue weighted by molar-refractivity contribution is 0.112. The number of carbonyl (C=O) groups is 1. The number of aldehydes is 1. The van der Waals surface area contributed by atoms with Crippen LogP contribution in [0.25, 0.3) is 11.1 Å². The molecular weight excluding hydrogens is 229 g/mol. The zero-order chi connectivity index (χ0) is 11.5. The van der Waals surface area contributed by atoms with Crippen LogP contribution in [-0.2, 0) is 0 Å². The lowest BCUT2D eigenvalue weighted by Crippen LogP contribution is -1.91. The molecule has 0 N–H and O–H groups in total. The van der Waals surface area contributed by atoms with Gasteiger partial charge in [-0.25, -0.2) is 4.39 Å². The Kier molecular flexibility index (Phi) is 2.97. The van der Waals surface area contributed by atoms with Crippen LogP contribution >= 0.6 is 11.6 Å². The second-order valence-electron chi connectivity index (χ2n) is 3.21. The first-order valence-corrected chi connectivity index (χ1v) is 4.95. The van der Waals surface area contributed by atoms with Gasteiger partial charge in [-0.05, 0) is 17.7 Å². The molecule has 80 valence electrons. The van der Waals surface area contributed by atoms with E-state index in [9.17, 15) is 9.18 Å². The minimum atomic E-state index is -0.327. The van der Waals surface area contributed by atoms with E-state index in [-0.39, 0.29) is 10.8 Å². The Morgan fingerprint density at radius 1 is 1.19 bits per heavy atom. The Hall–Kier alpha value is -1.74. The molecule has 0 aliphatic heterocycles. The van der Waals surface area contributed by atoms with Gasteiger partial charge in [-0.1, -0.05) is 23.7 Å². The monoisotopic (exact) mass is 235 g/mol. The normalized spacial score (nSPS) is 10.1. The maximum Gasteiger partial charge on any atom is 0.152 e. The third-order valence-electron chi connectivity index (χ3n) is 2.21. The molecule has 0 bridgehead atoms. The summed E-state index contributed by atoms with van der Waals surface area (Å²) in [6, 6.07) is 5.81. The van der Waals surface area contributed by atoms with Gasteiger partial charge in [-0.3, -0.25) is 9.78 Å². The highest BCUT2D eigenvalue weighted by Crippen LogP contribution is 2.26. The van der Waals surface area contributed by atoms with Crippen LogP contribution in [0.3, 0.4) is 0 Å². The topological polar surface area (TPSA) is 30.0 Å². The van der Waals surface area contributed by atoms with E-state index < -0.39 is 0 Å². The van der Waals surface area contributed by atoms with Crippen LogP contribution in [0.1, 0.15) is 10.4 Å². The second kappa shape index (κ2) is 4.41. The molecule has 0 fully saturated rings. The third-order valence-corrected chi connectivity index (χ3v) is 2.51. The molecule has 2 nitrogen and oxygen atoms in total. The van der Waals surface area contributed by atoms with Crippen molar-refractivity contribution in [2.75, 3.05) is 0 Å². The molecule has 2 rings (SSSR count). The van der Waals surface area contributed by atoms with Gasteiger partial charge >= 0.3 is 0 Å². The minimum absolute atomic E-state index is 0.289. The van der Waals surface area contributed by atoms with Gasteiger partial charge in [0.25, 0.3) is 0 Å². The Bertz CT molecular complexity index is 525. The van der Waals surface area contributed by atoms with Crippen molar-refractivity contribution in [3.05, 3.63) is 53.1 Å². The summed E-state index contributed by atoms with van der Waals surface area (Å²) in [7, 11) is 0. The molecule has 0 aliphatic rings. The minimum Gasteiger partial charge on any atom is -0.298 e. The maximum atomic E-state index is 12.8. The first-order valence-electron chi connectivity index (χ1n) is 4.57. The SMILES string of the molecule is O=Cc1c(Cl)cncc1-c1ccc(F)cc1. The van der Waals surface area contributed by atoms with Gasteiger partial charge in [-0.2, -0.15) is 0 Å². The lowest BCUT2D eigenvalue weighted by atomic mass is 10.0. The van der Waals surface area contributed by atoms with Crippen molar-refractivity contribution in [1.82, 2.24) is 4.98 Å². The highest BCUT2D eigenvalue weighted by molar-refractivity contribution is 6.33. The van der Waals surface area contributed by atoms with Crippen LogP contribution in [-0.4, -0.2) is 11.3 Å². The molecule has 1 heterocycles. The van der Waals surface area contributed by atoms with Gasteiger partial charge in [0.1, 0.15) is 5.82 Å². The van der Waals surface area contributed by atoms with Crippen molar-refractivity contribution < 1.29 is 9.18 Å². The van der Waals surface area contributed by atoms with E-state index in [0.29, 0.717) is 23.0 Å². The second-order valence-corrected chi connectivity index (χ2v) is 3.61. The van der Waals surface area contributed by atoms with E-state index in [2.05, 4.69) is 4.98 Å². The van der Waals surface area contributed by atoms with Gasteiger partial charge in [-0.15, -0.1) is 0 Å². The van der Waals surface area contributed by atoms with Gasteiger partial charge in [0.05, 0.1) is 5.02 Å². The predicted molar refractivity (Wildman–Crippen MR) is 60.0 cm³/mol. The van der Waals surface area contributed by atoms with Gasteiger partial charge in [0, 0.05) is 23.5 Å². The summed E-state index contributed by atoms with van der Waals surface area (Å²) in [5.41, 5.74) is 1.67. The highest BCUT2D eigenvalue weighted by atomic mass is 35.5. The average Bonchev–Trinajstić information content (AvgIpc) is 2.30. The number of hydrogen-bond donors (Lipinski definition) is 0. The Morgan fingerprint density at radius 3 is 2.50 bits per heavy atom. The molecule has 4 heteroatoms. The van der Waals surface area contributed by atoms with E-state index in [1.807, 2.05) is 0 Å². The molecule has 16 heavy (non-hydrogen) atoms. The summed E-state index contributed by atoms with van der Waals surface area (Å²) < 4.78 is 12.8. The number of aromatic nitrogens is 1. The number of hydrogen-bond acceptors (Lipinski definition) is 2. The molecule has 0 amide bonds. The zero-order valence-electron chi connectivity index (χ0n) is 8.15. The Balaban J connectivity index is 2.59. The summed E-state index contributed by atoms with van der Waals surface area (Å²) in [5.74, 6) is -0.327.